The molecule has 0 atom stereocenters. The van der Waals surface area contributed by atoms with Gasteiger partial charge in [-0.15, -0.1) is 11.3 Å². The lowest BCUT2D eigenvalue weighted by Crippen LogP contribution is -2.22. The molecule has 0 N–H and O–H groups in total. The minimum Gasteiger partial charge on any atom is -0.316 e. The van der Waals surface area contributed by atoms with Crippen LogP contribution in [0.15, 0.2) is 41.4 Å². The molecule has 1 aromatic heterocycles. The number of carbonyl (C=O) groups excluding carboxylic acids is 1. The zero-order valence-corrected chi connectivity index (χ0v) is 12.1. The quantitative estimate of drug-likeness (QED) is 0.782. The molecule has 98 valence electrons. The molecule has 1 aromatic carbocycles. The minimum absolute atomic E-state index is 0.0188. The van der Waals surface area contributed by atoms with Crippen molar-refractivity contribution in [1.29, 1.82) is 0 Å². The van der Waals surface area contributed by atoms with Crippen molar-refractivity contribution in [3.63, 3.8) is 0 Å². The van der Waals surface area contributed by atoms with Crippen LogP contribution < -0.4 is 4.90 Å². The van der Waals surface area contributed by atoms with Crippen molar-refractivity contribution < 1.29 is 4.79 Å². The van der Waals surface area contributed by atoms with Crippen LogP contribution in [0.2, 0.25) is 0 Å². The van der Waals surface area contributed by atoms with Crippen LogP contribution in [0.3, 0.4) is 0 Å². The summed E-state index contributed by atoms with van der Waals surface area (Å²) < 4.78 is 0. The third-order valence-electron chi connectivity index (χ3n) is 2.81. The van der Waals surface area contributed by atoms with E-state index < -0.39 is 0 Å². The molecule has 0 spiro atoms. The van der Waals surface area contributed by atoms with Gasteiger partial charge in [0.25, 0.3) is 0 Å². The summed E-state index contributed by atoms with van der Waals surface area (Å²) in [6.45, 7) is 3.62. The largest absolute Gasteiger partial charge is 0.316 e. The first-order valence-electron chi connectivity index (χ1n) is 6.01. The molecule has 0 saturated heterocycles. The van der Waals surface area contributed by atoms with Gasteiger partial charge in [-0.1, -0.05) is 0 Å². The minimum atomic E-state index is 0.0188. The van der Waals surface area contributed by atoms with E-state index in [1.54, 1.807) is 30.2 Å². The number of carbonyl (C=O) groups is 1. The number of aryl methyl sites for hydroxylation is 1. The number of aliphatic imine (C=N–C) groups is 1. The van der Waals surface area contributed by atoms with Gasteiger partial charge in [-0.05, 0) is 43.3 Å². The van der Waals surface area contributed by atoms with Crippen LogP contribution in [0.1, 0.15) is 16.7 Å². The van der Waals surface area contributed by atoms with Crippen molar-refractivity contribution in [2.24, 2.45) is 4.99 Å². The van der Waals surface area contributed by atoms with Gasteiger partial charge in [0.1, 0.15) is 0 Å². The number of hydrogen-bond acceptors (Lipinski definition) is 3. The molecule has 19 heavy (non-hydrogen) atoms. The van der Waals surface area contributed by atoms with Gasteiger partial charge in [0.2, 0.25) is 5.91 Å². The molecule has 0 radical (unpaired) electrons. The Labute approximate surface area is 117 Å². The van der Waals surface area contributed by atoms with Crippen molar-refractivity contribution in [2.75, 3.05) is 11.9 Å². The maximum atomic E-state index is 11.2. The molecule has 2 rings (SSSR count). The van der Waals surface area contributed by atoms with Gasteiger partial charge >= 0.3 is 0 Å². The third kappa shape index (κ3) is 3.51. The van der Waals surface area contributed by atoms with Crippen molar-refractivity contribution in [1.82, 2.24) is 0 Å². The van der Waals surface area contributed by atoms with Crippen LogP contribution in [-0.2, 0) is 4.79 Å². The Kier molecular flexibility index (Phi) is 4.12. The molecular formula is C15H16N2OS. The first-order chi connectivity index (χ1) is 9.06. The van der Waals surface area contributed by atoms with Gasteiger partial charge in [-0.3, -0.25) is 9.79 Å². The van der Waals surface area contributed by atoms with E-state index in [4.69, 9.17) is 0 Å². The summed E-state index contributed by atoms with van der Waals surface area (Å²) in [6.07, 6.45) is 1.86. The second-order valence-electron chi connectivity index (χ2n) is 4.30. The smallest absolute Gasteiger partial charge is 0.223 e. The summed E-state index contributed by atoms with van der Waals surface area (Å²) in [7, 11) is 1.76. The summed E-state index contributed by atoms with van der Waals surface area (Å²) in [4.78, 5) is 19.7. The molecule has 1 amide bonds. The summed E-state index contributed by atoms with van der Waals surface area (Å²) in [5.74, 6) is 0.0188. The Morgan fingerprint density at radius 1 is 1.21 bits per heavy atom. The first kappa shape index (κ1) is 13.5. The lowest BCUT2D eigenvalue weighted by Gasteiger charge is -2.14. The van der Waals surface area contributed by atoms with E-state index in [2.05, 4.69) is 24.0 Å². The predicted molar refractivity (Wildman–Crippen MR) is 81.8 cm³/mol. The highest BCUT2D eigenvalue weighted by Crippen LogP contribution is 2.20. The highest BCUT2D eigenvalue weighted by Gasteiger charge is 2.04. The van der Waals surface area contributed by atoms with E-state index in [-0.39, 0.29) is 5.91 Å². The lowest BCUT2D eigenvalue weighted by atomic mass is 10.2. The third-order valence-corrected chi connectivity index (χ3v) is 3.75. The number of thiophene rings is 1. The molecule has 2 aromatic rings. The topological polar surface area (TPSA) is 32.7 Å². The molecule has 0 fully saturated rings. The van der Waals surface area contributed by atoms with Gasteiger partial charge in [0.15, 0.2) is 0 Å². The van der Waals surface area contributed by atoms with Crippen LogP contribution >= 0.6 is 11.3 Å². The van der Waals surface area contributed by atoms with E-state index in [0.717, 1.165) is 16.3 Å². The normalized spacial score (nSPS) is 10.9. The van der Waals surface area contributed by atoms with E-state index in [9.17, 15) is 4.79 Å². The number of benzene rings is 1. The molecule has 0 unspecified atom stereocenters. The van der Waals surface area contributed by atoms with E-state index in [1.165, 1.54) is 4.88 Å². The molecule has 4 heteroatoms. The fourth-order valence-electron chi connectivity index (χ4n) is 1.61. The highest BCUT2D eigenvalue weighted by atomic mass is 32.1. The van der Waals surface area contributed by atoms with E-state index in [1.807, 2.05) is 30.5 Å². The maximum absolute atomic E-state index is 11.2. The highest BCUT2D eigenvalue weighted by molar-refractivity contribution is 7.13. The average Bonchev–Trinajstić information content (AvgIpc) is 2.82. The molecule has 0 saturated carbocycles. The molecule has 0 bridgehead atoms. The van der Waals surface area contributed by atoms with Crippen LogP contribution in [0.4, 0.5) is 11.4 Å². The zero-order valence-electron chi connectivity index (χ0n) is 11.3. The van der Waals surface area contributed by atoms with Crippen molar-refractivity contribution >= 4 is 34.8 Å². The first-order valence-corrected chi connectivity index (χ1v) is 6.83. The number of amides is 1. The predicted octanol–water partition coefficient (Wildman–Crippen LogP) is 3.79. The van der Waals surface area contributed by atoms with Crippen molar-refractivity contribution in [3.8, 4) is 0 Å². The van der Waals surface area contributed by atoms with Crippen molar-refractivity contribution in [2.45, 2.75) is 13.8 Å². The number of nitrogens with zero attached hydrogens (tertiary/aromatic N) is 2. The Morgan fingerprint density at radius 3 is 2.42 bits per heavy atom. The summed E-state index contributed by atoms with van der Waals surface area (Å²) in [5.41, 5.74) is 1.75. The Morgan fingerprint density at radius 2 is 1.89 bits per heavy atom. The molecular weight excluding hydrogens is 256 g/mol. The van der Waals surface area contributed by atoms with Crippen LogP contribution in [0.25, 0.3) is 0 Å². The Bertz CT molecular complexity index is 599. The zero-order chi connectivity index (χ0) is 13.8. The van der Waals surface area contributed by atoms with Gasteiger partial charge in [0.05, 0.1) is 5.69 Å². The Balaban J connectivity index is 2.10. The maximum Gasteiger partial charge on any atom is 0.223 e. The second kappa shape index (κ2) is 5.80. The lowest BCUT2D eigenvalue weighted by molar-refractivity contribution is -0.116. The fraction of sp³-hybridized carbons (Fsp3) is 0.200. The van der Waals surface area contributed by atoms with E-state index >= 15 is 0 Å². The van der Waals surface area contributed by atoms with Gasteiger partial charge in [-0.2, -0.15) is 0 Å². The SMILES string of the molecule is CC(=O)N(C)c1ccc(N=Cc2ccc(C)s2)cc1. The fourth-order valence-corrected chi connectivity index (χ4v) is 2.35. The summed E-state index contributed by atoms with van der Waals surface area (Å²) >= 11 is 1.72. The monoisotopic (exact) mass is 272 g/mol. The standard InChI is InChI=1S/C15H16N2OS/c1-11-4-9-15(19-11)10-16-13-5-7-14(8-6-13)17(3)12(2)18/h4-10H,1-3H3. The van der Waals surface area contributed by atoms with Crippen LogP contribution in [0, 0.1) is 6.92 Å². The van der Waals surface area contributed by atoms with E-state index in [0.29, 0.717) is 0 Å². The molecule has 3 nitrogen and oxygen atoms in total. The van der Waals surface area contributed by atoms with Gasteiger partial charge in [0, 0.05) is 35.6 Å². The molecule has 0 aliphatic heterocycles. The average molecular weight is 272 g/mol. The molecule has 1 heterocycles. The van der Waals surface area contributed by atoms with Crippen LogP contribution in [0.5, 0.6) is 0 Å². The number of anilines is 1. The summed E-state index contributed by atoms with van der Waals surface area (Å²) in [6, 6.07) is 11.7. The number of rotatable bonds is 3. The van der Waals surface area contributed by atoms with Gasteiger partial charge < -0.3 is 4.90 Å². The molecule has 0 aliphatic rings. The molecule has 0 aliphatic carbocycles. The van der Waals surface area contributed by atoms with Gasteiger partial charge in [-0.25, -0.2) is 0 Å². The number of hydrogen-bond donors (Lipinski definition) is 0. The Hall–Kier alpha value is -1.94. The van der Waals surface area contributed by atoms with Crippen molar-refractivity contribution in [3.05, 3.63) is 46.2 Å². The second-order valence-corrected chi connectivity index (χ2v) is 5.62. The summed E-state index contributed by atoms with van der Waals surface area (Å²) in [5, 5.41) is 0. The van der Waals surface area contributed by atoms with Crippen LogP contribution in [-0.4, -0.2) is 19.2 Å².